The first-order valence-electron chi connectivity index (χ1n) is 6.71. The molecule has 0 atom stereocenters. The highest BCUT2D eigenvalue weighted by Gasteiger charge is 2.14. The van der Waals surface area contributed by atoms with Gasteiger partial charge in [0.05, 0.1) is 32.7 Å². The van der Waals surface area contributed by atoms with E-state index in [0.717, 1.165) is 10.6 Å². The van der Waals surface area contributed by atoms with Crippen molar-refractivity contribution < 1.29 is 9.34 Å². The SMILES string of the molecule is Cc1cc([N+](=O)[O-])cc(Cl)c1NCc1coc(-c2cccs2)n1. The van der Waals surface area contributed by atoms with Crippen LogP contribution in [0, 0.1) is 17.0 Å². The zero-order chi connectivity index (χ0) is 16.4. The summed E-state index contributed by atoms with van der Waals surface area (Å²) in [5.41, 5.74) is 2.05. The Balaban J connectivity index is 1.75. The number of nitrogens with zero attached hydrogens (tertiary/aromatic N) is 2. The molecule has 0 bridgehead atoms. The summed E-state index contributed by atoms with van der Waals surface area (Å²) in [6.07, 6.45) is 1.58. The van der Waals surface area contributed by atoms with E-state index in [1.165, 1.54) is 12.1 Å². The number of oxazole rings is 1. The minimum atomic E-state index is -0.465. The van der Waals surface area contributed by atoms with Crippen LogP contribution in [0.1, 0.15) is 11.3 Å². The van der Waals surface area contributed by atoms with Gasteiger partial charge in [0.15, 0.2) is 0 Å². The Morgan fingerprint density at radius 2 is 2.30 bits per heavy atom. The van der Waals surface area contributed by atoms with Crippen molar-refractivity contribution in [2.75, 3.05) is 5.32 Å². The molecule has 6 nitrogen and oxygen atoms in total. The molecule has 0 saturated carbocycles. The van der Waals surface area contributed by atoms with Gasteiger partial charge in [-0.25, -0.2) is 4.98 Å². The second-order valence-corrected chi connectivity index (χ2v) is 6.21. The molecule has 0 spiro atoms. The highest BCUT2D eigenvalue weighted by molar-refractivity contribution is 7.13. The van der Waals surface area contributed by atoms with E-state index in [9.17, 15) is 10.1 Å². The Bertz CT molecular complexity index is 823. The molecule has 2 heterocycles. The third kappa shape index (κ3) is 3.35. The number of nitro benzene ring substituents is 1. The molecule has 2 aromatic heterocycles. The van der Waals surface area contributed by atoms with Crippen molar-refractivity contribution in [3.05, 3.63) is 62.3 Å². The molecule has 3 rings (SSSR count). The first-order valence-corrected chi connectivity index (χ1v) is 7.97. The Hall–Kier alpha value is -2.38. The fourth-order valence-corrected chi connectivity index (χ4v) is 3.12. The number of hydrogen-bond acceptors (Lipinski definition) is 6. The quantitative estimate of drug-likeness (QED) is 0.524. The van der Waals surface area contributed by atoms with Gasteiger partial charge in [-0.1, -0.05) is 17.7 Å². The number of thiophene rings is 1. The molecule has 23 heavy (non-hydrogen) atoms. The highest BCUT2D eigenvalue weighted by Crippen LogP contribution is 2.31. The standard InChI is InChI=1S/C15H12ClN3O3S/c1-9-5-11(19(20)21)6-12(16)14(9)17-7-10-8-22-15(18-10)13-3-2-4-23-13/h2-6,8,17H,7H2,1H3. The van der Waals surface area contributed by atoms with Crippen molar-refractivity contribution in [2.45, 2.75) is 13.5 Å². The maximum atomic E-state index is 10.8. The average Bonchev–Trinajstić information content (AvgIpc) is 3.17. The summed E-state index contributed by atoms with van der Waals surface area (Å²) in [6, 6.07) is 6.68. The van der Waals surface area contributed by atoms with E-state index in [4.69, 9.17) is 16.0 Å². The number of nitrogens with one attached hydrogen (secondary N) is 1. The Morgan fingerprint density at radius 1 is 1.48 bits per heavy atom. The van der Waals surface area contributed by atoms with Crippen molar-refractivity contribution in [1.29, 1.82) is 0 Å². The largest absolute Gasteiger partial charge is 0.443 e. The molecular weight excluding hydrogens is 338 g/mol. The Morgan fingerprint density at radius 3 is 2.96 bits per heavy atom. The number of nitro groups is 1. The number of halogens is 1. The van der Waals surface area contributed by atoms with E-state index >= 15 is 0 Å². The summed E-state index contributed by atoms with van der Waals surface area (Å²) in [4.78, 5) is 15.7. The molecule has 1 N–H and O–H groups in total. The molecule has 0 radical (unpaired) electrons. The second kappa shape index (κ2) is 6.39. The van der Waals surface area contributed by atoms with E-state index in [1.807, 2.05) is 17.5 Å². The van der Waals surface area contributed by atoms with E-state index in [2.05, 4.69) is 10.3 Å². The van der Waals surface area contributed by atoms with Crippen molar-refractivity contribution in [3.63, 3.8) is 0 Å². The van der Waals surface area contributed by atoms with Gasteiger partial charge in [0.1, 0.15) is 6.26 Å². The van der Waals surface area contributed by atoms with E-state index in [1.54, 1.807) is 24.5 Å². The molecule has 0 unspecified atom stereocenters. The van der Waals surface area contributed by atoms with Gasteiger partial charge >= 0.3 is 0 Å². The fourth-order valence-electron chi connectivity index (χ4n) is 2.14. The molecule has 1 aromatic carbocycles. The second-order valence-electron chi connectivity index (χ2n) is 4.85. The predicted octanol–water partition coefficient (Wildman–Crippen LogP) is 4.89. The van der Waals surface area contributed by atoms with Gasteiger partial charge < -0.3 is 9.73 Å². The first-order chi connectivity index (χ1) is 11.0. The summed E-state index contributed by atoms with van der Waals surface area (Å²) in [6.45, 7) is 2.17. The monoisotopic (exact) mass is 349 g/mol. The lowest BCUT2D eigenvalue weighted by Crippen LogP contribution is -2.03. The van der Waals surface area contributed by atoms with Gasteiger partial charge in [-0.15, -0.1) is 11.3 Å². The van der Waals surface area contributed by atoms with Crippen LogP contribution in [0.25, 0.3) is 10.8 Å². The van der Waals surface area contributed by atoms with Crippen LogP contribution < -0.4 is 5.32 Å². The Kier molecular flexibility index (Phi) is 4.31. The van der Waals surface area contributed by atoms with Crippen LogP contribution in [0.3, 0.4) is 0 Å². The van der Waals surface area contributed by atoms with Gasteiger partial charge in [0.2, 0.25) is 5.89 Å². The molecular formula is C15H12ClN3O3S. The van der Waals surface area contributed by atoms with Gasteiger partial charge in [-0.3, -0.25) is 10.1 Å². The lowest BCUT2D eigenvalue weighted by atomic mass is 10.1. The van der Waals surface area contributed by atoms with Crippen LogP contribution in [0.15, 0.2) is 40.3 Å². The number of aryl methyl sites for hydroxylation is 1. The number of anilines is 1. The third-order valence-corrected chi connectivity index (χ3v) is 4.37. The summed E-state index contributed by atoms with van der Waals surface area (Å²) in [5.74, 6) is 0.573. The lowest BCUT2D eigenvalue weighted by molar-refractivity contribution is -0.384. The van der Waals surface area contributed by atoms with Crippen LogP contribution in [0.4, 0.5) is 11.4 Å². The van der Waals surface area contributed by atoms with Crippen molar-refractivity contribution >= 4 is 34.3 Å². The molecule has 118 valence electrons. The average molecular weight is 350 g/mol. The number of aromatic nitrogens is 1. The topological polar surface area (TPSA) is 81.2 Å². The van der Waals surface area contributed by atoms with Crippen LogP contribution in [0.2, 0.25) is 5.02 Å². The first kappa shape index (κ1) is 15.5. The van der Waals surface area contributed by atoms with Crippen LogP contribution >= 0.6 is 22.9 Å². The molecule has 3 aromatic rings. The van der Waals surface area contributed by atoms with Crippen LogP contribution in [-0.2, 0) is 6.54 Å². The zero-order valence-corrected chi connectivity index (χ0v) is 13.6. The summed E-state index contributed by atoms with van der Waals surface area (Å²) >= 11 is 7.67. The van der Waals surface area contributed by atoms with Gasteiger partial charge in [-0.05, 0) is 23.9 Å². The van der Waals surface area contributed by atoms with Crippen LogP contribution in [0.5, 0.6) is 0 Å². The number of hydrogen-bond donors (Lipinski definition) is 1. The third-order valence-electron chi connectivity index (χ3n) is 3.21. The van der Waals surface area contributed by atoms with E-state index in [0.29, 0.717) is 28.7 Å². The molecule has 0 fully saturated rings. The zero-order valence-electron chi connectivity index (χ0n) is 12.1. The number of non-ortho nitro benzene ring substituents is 1. The normalized spacial score (nSPS) is 10.7. The summed E-state index contributed by atoms with van der Waals surface area (Å²) < 4.78 is 5.45. The fraction of sp³-hybridized carbons (Fsp3) is 0.133. The van der Waals surface area contributed by atoms with Gasteiger partial charge in [0.25, 0.3) is 5.69 Å². The van der Waals surface area contributed by atoms with Gasteiger partial charge in [0, 0.05) is 12.1 Å². The lowest BCUT2D eigenvalue weighted by Gasteiger charge is -2.10. The molecule has 8 heteroatoms. The van der Waals surface area contributed by atoms with Crippen molar-refractivity contribution in [3.8, 4) is 10.8 Å². The number of benzene rings is 1. The predicted molar refractivity (Wildman–Crippen MR) is 90.0 cm³/mol. The van der Waals surface area contributed by atoms with E-state index in [-0.39, 0.29) is 5.69 Å². The van der Waals surface area contributed by atoms with Crippen molar-refractivity contribution in [1.82, 2.24) is 4.98 Å². The smallest absolute Gasteiger partial charge is 0.271 e. The Labute approximate surface area is 140 Å². The maximum absolute atomic E-state index is 10.8. The molecule has 0 amide bonds. The minimum Gasteiger partial charge on any atom is -0.443 e. The summed E-state index contributed by atoms with van der Waals surface area (Å²) in [5, 5.41) is 16.2. The number of rotatable bonds is 5. The maximum Gasteiger partial charge on any atom is 0.271 e. The van der Waals surface area contributed by atoms with Crippen LogP contribution in [-0.4, -0.2) is 9.91 Å². The minimum absolute atomic E-state index is 0.0283. The highest BCUT2D eigenvalue weighted by atomic mass is 35.5. The molecule has 0 aliphatic carbocycles. The van der Waals surface area contributed by atoms with Gasteiger partial charge in [-0.2, -0.15) is 0 Å². The summed E-state index contributed by atoms with van der Waals surface area (Å²) in [7, 11) is 0. The molecule has 0 aliphatic heterocycles. The molecule has 0 aliphatic rings. The van der Waals surface area contributed by atoms with Crippen molar-refractivity contribution in [2.24, 2.45) is 0 Å². The molecule has 0 saturated heterocycles. The van der Waals surface area contributed by atoms with E-state index < -0.39 is 4.92 Å².